The molecule has 0 spiro atoms. The number of hydrogen-bond donors (Lipinski definition) is 0. The topological polar surface area (TPSA) is 56.5 Å². The molecule has 0 radical (unpaired) electrons. The van der Waals surface area contributed by atoms with Crippen LogP contribution in [0.3, 0.4) is 0 Å². The minimum atomic E-state index is -0.390. The predicted molar refractivity (Wildman–Crippen MR) is 91.1 cm³/mol. The average Bonchev–Trinajstić information content (AvgIpc) is 2.49. The molecule has 124 valence electrons. The highest BCUT2D eigenvalue weighted by atomic mass is 16.5. The molecule has 0 amide bonds. The van der Waals surface area contributed by atoms with E-state index in [1.165, 1.54) is 19.8 Å². The van der Waals surface area contributed by atoms with Gasteiger partial charge in [-0.3, -0.25) is 4.79 Å². The monoisotopic (exact) mass is 316 g/mol. The summed E-state index contributed by atoms with van der Waals surface area (Å²) >= 11 is 0. The molecule has 2 rings (SSSR count). The van der Waals surface area contributed by atoms with E-state index in [-0.39, 0.29) is 11.6 Å². The van der Waals surface area contributed by atoms with Crippen LogP contribution in [0.5, 0.6) is 5.75 Å². The van der Waals surface area contributed by atoms with Gasteiger partial charge in [0.05, 0.1) is 0 Å². The molecule has 4 nitrogen and oxygen atoms in total. The molecule has 0 N–H and O–H groups in total. The second kappa shape index (κ2) is 7.44. The minimum Gasteiger partial charge on any atom is -0.426 e. The summed E-state index contributed by atoms with van der Waals surface area (Å²) in [5.74, 6) is 0.0438. The van der Waals surface area contributed by atoms with Crippen molar-refractivity contribution < 1.29 is 13.9 Å². The highest BCUT2D eigenvalue weighted by Crippen LogP contribution is 2.29. The molecule has 23 heavy (non-hydrogen) atoms. The summed E-state index contributed by atoms with van der Waals surface area (Å²) in [5.41, 5.74) is 2.62. The van der Waals surface area contributed by atoms with Crippen LogP contribution >= 0.6 is 0 Å². The number of rotatable bonds is 6. The van der Waals surface area contributed by atoms with E-state index in [0.717, 1.165) is 35.8 Å². The van der Waals surface area contributed by atoms with Crippen LogP contribution in [-0.2, 0) is 11.2 Å². The van der Waals surface area contributed by atoms with Gasteiger partial charge in [-0.1, -0.05) is 26.2 Å². The van der Waals surface area contributed by atoms with Crippen LogP contribution in [0, 0.1) is 13.8 Å². The van der Waals surface area contributed by atoms with E-state index in [0.29, 0.717) is 16.9 Å². The summed E-state index contributed by atoms with van der Waals surface area (Å²) in [6.45, 7) is 7.27. The standard InChI is InChI=1S/C19H24O4/c1-5-6-7-8-9-16-12(2)15-10-11-17(22-14(4)20)13(3)18(15)23-19(16)21/h10-11H,5-9H2,1-4H3. The lowest BCUT2D eigenvalue weighted by molar-refractivity contribution is -0.131. The number of fused-ring (bicyclic) bond motifs is 1. The maximum atomic E-state index is 12.3. The second-order valence-electron chi connectivity index (χ2n) is 5.96. The molecule has 0 fully saturated rings. The van der Waals surface area contributed by atoms with Gasteiger partial charge in [-0.15, -0.1) is 0 Å². The zero-order chi connectivity index (χ0) is 17.0. The van der Waals surface area contributed by atoms with Gasteiger partial charge in [-0.2, -0.15) is 0 Å². The van der Waals surface area contributed by atoms with Crippen LogP contribution in [0.1, 0.15) is 56.2 Å². The van der Waals surface area contributed by atoms with Crippen molar-refractivity contribution in [3.8, 4) is 5.75 Å². The van der Waals surface area contributed by atoms with Crippen LogP contribution in [-0.4, -0.2) is 5.97 Å². The number of benzene rings is 1. The molecule has 4 heteroatoms. The zero-order valence-corrected chi connectivity index (χ0v) is 14.3. The molecule has 2 aromatic rings. The van der Waals surface area contributed by atoms with Gasteiger partial charge in [-0.05, 0) is 44.4 Å². The van der Waals surface area contributed by atoms with E-state index >= 15 is 0 Å². The molecular weight excluding hydrogens is 292 g/mol. The van der Waals surface area contributed by atoms with Gasteiger partial charge in [0, 0.05) is 23.4 Å². The number of aryl methyl sites for hydroxylation is 2. The van der Waals surface area contributed by atoms with E-state index in [4.69, 9.17) is 9.15 Å². The molecule has 1 aromatic carbocycles. The third-order valence-corrected chi connectivity index (χ3v) is 4.19. The first-order valence-corrected chi connectivity index (χ1v) is 8.20. The first-order chi connectivity index (χ1) is 11.0. The minimum absolute atomic E-state index is 0.283. The van der Waals surface area contributed by atoms with Gasteiger partial charge >= 0.3 is 11.6 Å². The molecule has 1 aromatic heterocycles. The van der Waals surface area contributed by atoms with E-state index in [2.05, 4.69) is 6.92 Å². The van der Waals surface area contributed by atoms with Crippen LogP contribution < -0.4 is 10.4 Å². The Bertz CT molecular complexity index is 771. The van der Waals surface area contributed by atoms with Gasteiger partial charge in [0.15, 0.2) is 0 Å². The Labute approximate surface area is 136 Å². The maximum absolute atomic E-state index is 12.3. The first-order valence-electron chi connectivity index (χ1n) is 8.20. The van der Waals surface area contributed by atoms with Crippen molar-refractivity contribution in [1.29, 1.82) is 0 Å². The van der Waals surface area contributed by atoms with Gasteiger partial charge in [0.1, 0.15) is 11.3 Å². The Morgan fingerprint density at radius 1 is 1.13 bits per heavy atom. The molecule has 0 saturated carbocycles. The summed E-state index contributed by atoms with van der Waals surface area (Å²) < 4.78 is 10.7. The van der Waals surface area contributed by atoms with Gasteiger partial charge < -0.3 is 9.15 Å². The number of carbonyl (C=O) groups is 1. The fraction of sp³-hybridized carbons (Fsp3) is 0.474. The Kier molecular flexibility index (Phi) is 5.59. The third kappa shape index (κ3) is 3.81. The largest absolute Gasteiger partial charge is 0.426 e. The van der Waals surface area contributed by atoms with Crippen molar-refractivity contribution in [3.05, 3.63) is 39.2 Å². The van der Waals surface area contributed by atoms with Gasteiger partial charge in [0.2, 0.25) is 0 Å². The molecule has 0 bridgehead atoms. The first kappa shape index (κ1) is 17.3. The molecule has 0 saturated heterocycles. The highest BCUT2D eigenvalue weighted by Gasteiger charge is 2.15. The van der Waals surface area contributed by atoms with Crippen molar-refractivity contribution in [2.24, 2.45) is 0 Å². The molecule has 0 aliphatic rings. The number of unbranched alkanes of at least 4 members (excludes halogenated alkanes) is 3. The lowest BCUT2D eigenvalue weighted by Crippen LogP contribution is -2.11. The van der Waals surface area contributed by atoms with Crippen LogP contribution in [0.15, 0.2) is 21.3 Å². The van der Waals surface area contributed by atoms with Crippen LogP contribution in [0.4, 0.5) is 0 Å². The Hall–Kier alpha value is -2.10. The van der Waals surface area contributed by atoms with Crippen molar-refractivity contribution in [2.75, 3.05) is 0 Å². The molecule has 1 heterocycles. The molecular formula is C19H24O4. The summed E-state index contributed by atoms with van der Waals surface area (Å²) in [6, 6.07) is 3.61. The highest BCUT2D eigenvalue weighted by molar-refractivity contribution is 5.86. The van der Waals surface area contributed by atoms with E-state index in [1.54, 1.807) is 13.0 Å². The summed E-state index contributed by atoms with van der Waals surface area (Å²) in [4.78, 5) is 23.5. The fourth-order valence-corrected chi connectivity index (χ4v) is 2.85. The van der Waals surface area contributed by atoms with Gasteiger partial charge in [0.25, 0.3) is 0 Å². The number of esters is 1. The van der Waals surface area contributed by atoms with Crippen LogP contribution in [0.2, 0.25) is 0 Å². The smallest absolute Gasteiger partial charge is 0.339 e. The fourth-order valence-electron chi connectivity index (χ4n) is 2.85. The Morgan fingerprint density at radius 2 is 1.87 bits per heavy atom. The predicted octanol–water partition coefficient (Wildman–Crippen LogP) is 4.46. The Morgan fingerprint density at radius 3 is 2.52 bits per heavy atom. The van der Waals surface area contributed by atoms with Crippen molar-refractivity contribution in [3.63, 3.8) is 0 Å². The Balaban J connectivity index is 2.43. The van der Waals surface area contributed by atoms with Crippen LogP contribution in [0.25, 0.3) is 11.0 Å². The lowest BCUT2D eigenvalue weighted by atomic mass is 9.99. The van der Waals surface area contributed by atoms with E-state index < -0.39 is 0 Å². The average molecular weight is 316 g/mol. The summed E-state index contributed by atoms with van der Waals surface area (Å²) in [7, 11) is 0. The summed E-state index contributed by atoms with van der Waals surface area (Å²) in [6.07, 6.45) is 5.22. The quantitative estimate of drug-likeness (QED) is 0.342. The van der Waals surface area contributed by atoms with E-state index in [9.17, 15) is 9.59 Å². The normalized spacial score (nSPS) is 11.0. The SMILES string of the molecule is CCCCCCc1c(C)c2ccc(OC(C)=O)c(C)c2oc1=O. The summed E-state index contributed by atoms with van der Waals surface area (Å²) in [5, 5.41) is 0.906. The maximum Gasteiger partial charge on any atom is 0.339 e. The van der Waals surface area contributed by atoms with Crippen molar-refractivity contribution in [1.82, 2.24) is 0 Å². The van der Waals surface area contributed by atoms with Gasteiger partial charge in [-0.25, -0.2) is 4.79 Å². The molecule has 0 unspecified atom stereocenters. The van der Waals surface area contributed by atoms with Crippen molar-refractivity contribution in [2.45, 2.75) is 59.8 Å². The second-order valence-corrected chi connectivity index (χ2v) is 5.96. The van der Waals surface area contributed by atoms with E-state index in [1.807, 2.05) is 13.0 Å². The number of ether oxygens (including phenoxy) is 1. The van der Waals surface area contributed by atoms with Crippen molar-refractivity contribution >= 4 is 16.9 Å². The number of carbonyl (C=O) groups excluding carboxylic acids is 1. The third-order valence-electron chi connectivity index (χ3n) is 4.19. The molecule has 0 aliphatic heterocycles. The molecule has 0 aliphatic carbocycles. The lowest BCUT2D eigenvalue weighted by Gasteiger charge is -2.11. The number of hydrogen-bond acceptors (Lipinski definition) is 4. The zero-order valence-electron chi connectivity index (χ0n) is 14.3. The molecule has 0 atom stereocenters.